The van der Waals surface area contributed by atoms with Gasteiger partial charge in [0.25, 0.3) is 6.08 Å². The molecule has 3 aromatic rings. The third kappa shape index (κ3) is 4.41. The van der Waals surface area contributed by atoms with E-state index in [4.69, 9.17) is 0 Å². The number of nitrogens with one attached hydrogen (secondary N) is 1. The summed E-state index contributed by atoms with van der Waals surface area (Å²) in [5.74, 6) is -0.00840. The predicted octanol–water partition coefficient (Wildman–Crippen LogP) is 4.48. The number of hydrogen-bond acceptors (Lipinski definition) is 5. The van der Waals surface area contributed by atoms with Crippen molar-refractivity contribution >= 4 is 12.0 Å². The lowest BCUT2D eigenvalue weighted by Crippen LogP contribution is -2.10. The average Bonchev–Trinajstić information content (AvgIpc) is 2.62. The van der Waals surface area contributed by atoms with Crippen LogP contribution in [-0.2, 0) is 0 Å². The molecule has 2 aromatic heterocycles. The lowest BCUT2D eigenvalue weighted by molar-refractivity contribution is 0.429. The first-order valence-electron chi connectivity index (χ1n) is 7.71. The molecule has 1 aromatic carbocycles. The van der Waals surface area contributed by atoms with Gasteiger partial charge in [-0.2, -0.15) is 8.78 Å². The molecular formula is C18H14F3N5. The molecule has 1 atom stereocenters. The molecule has 26 heavy (non-hydrogen) atoms. The Morgan fingerprint density at radius 2 is 1.85 bits per heavy atom. The van der Waals surface area contributed by atoms with Crippen LogP contribution in [0.4, 0.5) is 19.1 Å². The summed E-state index contributed by atoms with van der Waals surface area (Å²) in [6, 6.07) is 7.47. The minimum Gasteiger partial charge on any atom is -0.346 e. The first-order chi connectivity index (χ1) is 12.5. The molecule has 1 N–H and O–H groups in total. The van der Waals surface area contributed by atoms with E-state index in [2.05, 4.69) is 25.5 Å². The molecule has 0 spiro atoms. The molecule has 0 amide bonds. The first kappa shape index (κ1) is 17.5. The average molecular weight is 357 g/mol. The topological polar surface area (TPSA) is 63.6 Å². The third-order valence-corrected chi connectivity index (χ3v) is 3.61. The van der Waals surface area contributed by atoms with Gasteiger partial charge >= 0.3 is 0 Å². The first-order valence-corrected chi connectivity index (χ1v) is 7.71. The van der Waals surface area contributed by atoms with Gasteiger partial charge in [-0.3, -0.25) is 4.98 Å². The van der Waals surface area contributed by atoms with E-state index in [0.29, 0.717) is 17.2 Å². The Bertz CT molecular complexity index is 907. The molecule has 8 heteroatoms. The van der Waals surface area contributed by atoms with Crippen molar-refractivity contribution in [3.63, 3.8) is 0 Å². The SMILES string of the molecule is C[C@@H](Nc1ncc(-c2cncc(C=C(F)F)c2)nn1)c1ccc(F)cc1. The van der Waals surface area contributed by atoms with Crippen LogP contribution in [-0.4, -0.2) is 20.2 Å². The van der Waals surface area contributed by atoms with Crippen molar-refractivity contribution in [3.8, 4) is 11.3 Å². The van der Waals surface area contributed by atoms with Crippen LogP contribution in [0.1, 0.15) is 24.1 Å². The number of aromatic nitrogens is 4. The maximum atomic E-state index is 13.0. The maximum absolute atomic E-state index is 13.0. The van der Waals surface area contributed by atoms with E-state index in [1.54, 1.807) is 12.1 Å². The Kier molecular flexibility index (Phi) is 5.21. The Labute approximate surface area is 147 Å². The van der Waals surface area contributed by atoms with Gasteiger partial charge in [-0.05, 0) is 36.2 Å². The van der Waals surface area contributed by atoms with Crippen LogP contribution in [0.15, 0.2) is 55.0 Å². The lowest BCUT2D eigenvalue weighted by Gasteiger charge is -2.13. The molecule has 0 aliphatic rings. The zero-order valence-electron chi connectivity index (χ0n) is 13.7. The summed E-state index contributed by atoms with van der Waals surface area (Å²) in [6.07, 6.45) is 3.21. The van der Waals surface area contributed by atoms with Crippen molar-refractivity contribution in [1.82, 2.24) is 20.2 Å². The van der Waals surface area contributed by atoms with E-state index >= 15 is 0 Å². The molecule has 0 unspecified atom stereocenters. The summed E-state index contributed by atoms with van der Waals surface area (Å²) in [5.41, 5.74) is 2.07. The molecule has 0 bridgehead atoms. The highest BCUT2D eigenvalue weighted by molar-refractivity contribution is 5.62. The van der Waals surface area contributed by atoms with Gasteiger partial charge in [-0.25, -0.2) is 9.37 Å². The van der Waals surface area contributed by atoms with E-state index in [9.17, 15) is 13.2 Å². The van der Waals surface area contributed by atoms with Crippen LogP contribution in [0.25, 0.3) is 17.3 Å². The molecule has 0 fully saturated rings. The van der Waals surface area contributed by atoms with Gasteiger partial charge in [-0.1, -0.05) is 12.1 Å². The number of pyridine rings is 1. The zero-order valence-corrected chi connectivity index (χ0v) is 13.7. The molecule has 0 aliphatic carbocycles. The van der Waals surface area contributed by atoms with Crippen molar-refractivity contribution in [2.75, 3.05) is 5.32 Å². The normalized spacial score (nSPS) is 11.7. The van der Waals surface area contributed by atoms with Gasteiger partial charge < -0.3 is 5.32 Å². The maximum Gasteiger partial charge on any atom is 0.270 e. The summed E-state index contributed by atoms with van der Waals surface area (Å²) < 4.78 is 37.7. The Hall–Kier alpha value is -3.29. The van der Waals surface area contributed by atoms with Crippen molar-refractivity contribution in [1.29, 1.82) is 0 Å². The highest BCUT2D eigenvalue weighted by atomic mass is 19.3. The highest BCUT2D eigenvalue weighted by Gasteiger charge is 2.09. The molecule has 5 nitrogen and oxygen atoms in total. The summed E-state index contributed by atoms with van der Waals surface area (Å²) in [7, 11) is 0. The second-order valence-electron chi connectivity index (χ2n) is 5.53. The van der Waals surface area contributed by atoms with Crippen molar-refractivity contribution < 1.29 is 13.2 Å². The second kappa shape index (κ2) is 7.73. The fraction of sp³-hybridized carbons (Fsp3) is 0.111. The lowest BCUT2D eigenvalue weighted by atomic mass is 10.1. The zero-order chi connectivity index (χ0) is 18.5. The van der Waals surface area contributed by atoms with E-state index in [-0.39, 0.29) is 17.4 Å². The Balaban J connectivity index is 1.74. The van der Waals surface area contributed by atoms with Crippen LogP contribution in [0, 0.1) is 5.82 Å². The number of nitrogens with zero attached hydrogens (tertiary/aromatic N) is 4. The quantitative estimate of drug-likeness (QED) is 0.729. The molecule has 0 saturated heterocycles. The van der Waals surface area contributed by atoms with E-state index in [1.807, 2.05) is 6.92 Å². The van der Waals surface area contributed by atoms with Gasteiger partial charge in [0.1, 0.15) is 11.5 Å². The van der Waals surface area contributed by atoms with Crippen LogP contribution in [0.3, 0.4) is 0 Å². The van der Waals surface area contributed by atoms with Gasteiger partial charge in [0.05, 0.1) is 12.2 Å². The van der Waals surface area contributed by atoms with Crippen LogP contribution >= 0.6 is 0 Å². The van der Waals surface area contributed by atoms with Crippen molar-refractivity contribution in [2.24, 2.45) is 0 Å². The van der Waals surface area contributed by atoms with Gasteiger partial charge in [0, 0.05) is 24.0 Å². The molecule has 0 aliphatic heterocycles. The van der Waals surface area contributed by atoms with Gasteiger partial charge in [-0.15, -0.1) is 10.2 Å². The number of anilines is 1. The summed E-state index contributed by atoms with van der Waals surface area (Å²) >= 11 is 0. The van der Waals surface area contributed by atoms with Crippen molar-refractivity contribution in [2.45, 2.75) is 13.0 Å². The molecule has 0 radical (unpaired) electrons. The summed E-state index contributed by atoms with van der Waals surface area (Å²) in [5, 5.41) is 11.1. The number of halogens is 3. The molecule has 3 rings (SSSR count). The third-order valence-electron chi connectivity index (χ3n) is 3.61. The van der Waals surface area contributed by atoms with Crippen LogP contribution in [0.5, 0.6) is 0 Å². The second-order valence-corrected chi connectivity index (χ2v) is 5.53. The largest absolute Gasteiger partial charge is 0.346 e. The fourth-order valence-electron chi connectivity index (χ4n) is 2.30. The van der Waals surface area contributed by atoms with Crippen molar-refractivity contribution in [3.05, 3.63) is 71.9 Å². The van der Waals surface area contributed by atoms with E-state index in [1.165, 1.54) is 36.8 Å². The molecule has 132 valence electrons. The molecule has 2 heterocycles. The Morgan fingerprint density at radius 1 is 1.08 bits per heavy atom. The summed E-state index contributed by atoms with van der Waals surface area (Å²) in [4.78, 5) is 8.09. The monoisotopic (exact) mass is 357 g/mol. The number of rotatable bonds is 5. The smallest absolute Gasteiger partial charge is 0.270 e. The van der Waals surface area contributed by atoms with Gasteiger partial charge in [0.15, 0.2) is 0 Å². The predicted molar refractivity (Wildman–Crippen MR) is 91.7 cm³/mol. The van der Waals surface area contributed by atoms with E-state index in [0.717, 1.165) is 11.6 Å². The molecule has 0 saturated carbocycles. The number of hydrogen-bond donors (Lipinski definition) is 1. The minimum atomic E-state index is -1.80. The highest BCUT2D eigenvalue weighted by Crippen LogP contribution is 2.20. The minimum absolute atomic E-state index is 0.147. The van der Waals surface area contributed by atoms with Crippen LogP contribution < -0.4 is 5.32 Å². The Morgan fingerprint density at radius 3 is 2.50 bits per heavy atom. The van der Waals surface area contributed by atoms with Crippen LogP contribution in [0.2, 0.25) is 0 Å². The standard InChI is InChI=1S/C18H14F3N5/c1-11(13-2-4-15(19)5-3-13)24-18-23-10-16(25-26-18)14-6-12(7-17(20)21)8-22-9-14/h2-11H,1H3,(H,23,24,26)/t11-/m1/s1. The molecular weight excluding hydrogens is 343 g/mol. The fourth-order valence-corrected chi connectivity index (χ4v) is 2.30. The van der Waals surface area contributed by atoms with E-state index < -0.39 is 6.08 Å². The van der Waals surface area contributed by atoms with Gasteiger partial charge in [0.2, 0.25) is 5.95 Å². The summed E-state index contributed by atoms with van der Waals surface area (Å²) in [6.45, 7) is 1.88. The number of benzene rings is 1.